The summed E-state index contributed by atoms with van der Waals surface area (Å²) >= 11 is 0. The van der Waals surface area contributed by atoms with E-state index in [-0.39, 0.29) is 0 Å². The lowest BCUT2D eigenvalue weighted by Crippen LogP contribution is -2.51. The maximum atomic E-state index is 11.6. The Morgan fingerprint density at radius 3 is 2.39 bits per heavy atom. The first-order valence-electron chi connectivity index (χ1n) is 6.86. The van der Waals surface area contributed by atoms with E-state index in [9.17, 15) is 4.79 Å². The summed E-state index contributed by atoms with van der Waals surface area (Å²) in [6.45, 7) is 12.0. The first-order chi connectivity index (χ1) is 8.23. The maximum absolute atomic E-state index is 11.6. The van der Waals surface area contributed by atoms with Crippen LogP contribution in [-0.2, 0) is 17.6 Å². The third-order valence-corrected chi connectivity index (χ3v) is 10.4. The lowest BCUT2D eigenvalue weighted by molar-refractivity contribution is -0.118. The van der Waals surface area contributed by atoms with Gasteiger partial charge in [0.2, 0.25) is 0 Å². The Balaban J connectivity index is 2.54. The van der Waals surface area contributed by atoms with Crippen LogP contribution in [0.5, 0.6) is 0 Å². The van der Waals surface area contributed by atoms with Crippen LogP contribution < -0.4 is 5.19 Å². The fourth-order valence-corrected chi connectivity index (χ4v) is 5.01. The third kappa shape index (κ3) is 2.18. The highest BCUT2D eigenvalue weighted by Gasteiger charge is 2.39. The quantitative estimate of drug-likeness (QED) is 0.707. The standard InChI is InChI=1S/C16H24OSi/c1-16(2,3)18(4,5)15-8-6-7-12-11-13(17)9-10-14(12)15/h6-8H,9-11H2,1-5H3. The van der Waals surface area contributed by atoms with Crippen molar-refractivity contribution in [2.45, 2.75) is 58.2 Å². The summed E-state index contributed by atoms with van der Waals surface area (Å²) in [6.07, 6.45) is 2.34. The molecule has 0 bridgehead atoms. The molecule has 98 valence electrons. The normalized spacial score (nSPS) is 16.6. The van der Waals surface area contributed by atoms with Gasteiger partial charge in [0.15, 0.2) is 0 Å². The van der Waals surface area contributed by atoms with E-state index in [1.807, 2.05) is 0 Å². The van der Waals surface area contributed by atoms with Crippen LogP contribution in [0.3, 0.4) is 0 Å². The zero-order chi connectivity index (χ0) is 13.6. The molecule has 0 amide bonds. The molecule has 1 aromatic carbocycles. The number of benzene rings is 1. The fraction of sp³-hybridized carbons (Fsp3) is 0.562. The van der Waals surface area contributed by atoms with E-state index in [0.29, 0.717) is 17.2 Å². The topological polar surface area (TPSA) is 17.1 Å². The molecular weight excluding hydrogens is 236 g/mol. The van der Waals surface area contributed by atoms with Gasteiger partial charge >= 0.3 is 0 Å². The number of hydrogen-bond acceptors (Lipinski definition) is 1. The van der Waals surface area contributed by atoms with Crippen molar-refractivity contribution in [2.24, 2.45) is 0 Å². The lowest BCUT2D eigenvalue weighted by atomic mass is 9.91. The molecule has 1 aliphatic carbocycles. The summed E-state index contributed by atoms with van der Waals surface area (Å²) in [4.78, 5) is 11.6. The Kier molecular flexibility index (Phi) is 3.26. The summed E-state index contributed by atoms with van der Waals surface area (Å²) in [5.74, 6) is 0.398. The number of carbonyl (C=O) groups is 1. The number of ketones is 1. The number of carbonyl (C=O) groups excluding carboxylic acids is 1. The predicted molar refractivity (Wildman–Crippen MR) is 80.3 cm³/mol. The monoisotopic (exact) mass is 260 g/mol. The van der Waals surface area contributed by atoms with Gasteiger partial charge in [0.1, 0.15) is 5.78 Å². The average molecular weight is 260 g/mol. The molecular formula is C16H24OSi. The van der Waals surface area contributed by atoms with Crippen LogP contribution in [0.1, 0.15) is 38.3 Å². The minimum Gasteiger partial charge on any atom is -0.299 e. The van der Waals surface area contributed by atoms with Gasteiger partial charge < -0.3 is 0 Å². The Morgan fingerprint density at radius 1 is 1.11 bits per heavy atom. The minimum absolute atomic E-state index is 0.351. The van der Waals surface area contributed by atoms with Crippen molar-refractivity contribution < 1.29 is 4.79 Å². The third-order valence-electron chi connectivity index (χ3n) is 4.86. The molecule has 0 radical (unpaired) electrons. The molecule has 0 unspecified atom stereocenters. The number of rotatable bonds is 1. The molecule has 0 fully saturated rings. The van der Waals surface area contributed by atoms with E-state index < -0.39 is 8.07 Å². The van der Waals surface area contributed by atoms with Crippen LogP contribution >= 0.6 is 0 Å². The first-order valence-corrected chi connectivity index (χ1v) is 9.86. The van der Waals surface area contributed by atoms with Gasteiger partial charge in [-0.05, 0) is 22.6 Å². The fourth-order valence-electron chi connectivity index (χ4n) is 2.65. The molecule has 0 N–H and O–H groups in total. The average Bonchev–Trinajstić information content (AvgIpc) is 2.26. The maximum Gasteiger partial charge on any atom is 0.137 e. The van der Waals surface area contributed by atoms with Crippen LogP contribution in [0.4, 0.5) is 0 Å². The highest BCUT2D eigenvalue weighted by Crippen LogP contribution is 2.37. The molecule has 2 heteroatoms. The van der Waals surface area contributed by atoms with Crippen molar-refractivity contribution in [3.05, 3.63) is 29.3 Å². The van der Waals surface area contributed by atoms with Gasteiger partial charge in [-0.2, -0.15) is 0 Å². The van der Waals surface area contributed by atoms with Crippen molar-refractivity contribution in [1.82, 2.24) is 0 Å². The van der Waals surface area contributed by atoms with E-state index >= 15 is 0 Å². The molecule has 0 saturated carbocycles. The smallest absolute Gasteiger partial charge is 0.137 e. The highest BCUT2D eigenvalue weighted by atomic mass is 28.3. The summed E-state index contributed by atoms with van der Waals surface area (Å²) < 4.78 is 0. The molecule has 0 saturated heterocycles. The molecule has 1 aliphatic rings. The SMILES string of the molecule is CC(C)(C)[Si](C)(C)c1cccc2c1CCC(=O)C2. The zero-order valence-corrected chi connectivity index (χ0v) is 13.3. The van der Waals surface area contributed by atoms with Crippen molar-refractivity contribution in [1.29, 1.82) is 0 Å². The van der Waals surface area contributed by atoms with Gasteiger partial charge in [0.25, 0.3) is 0 Å². The lowest BCUT2D eigenvalue weighted by Gasteiger charge is -2.39. The van der Waals surface area contributed by atoms with Crippen molar-refractivity contribution in [3.8, 4) is 0 Å². The molecule has 0 aromatic heterocycles. The van der Waals surface area contributed by atoms with E-state index in [1.54, 1.807) is 5.19 Å². The molecule has 0 heterocycles. The molecule has 2 rings (SSSR count). The van der Waals surface area contributed by atoms with Gasteiger partial charge in [-0.1, -0.05) is 57.3 Å². The molecule has 18 heavy (non-hydrogen) atoms. The Labute approximate surface area is 112 Å². The van der Waals surface area contributed by atoms with Gasteiger partial charge in [-0.15, -0.1) is 0 Å². The summed E-state index contributed by atoms with van der Waals surface area (Å²) in [5, 5.41) is 1.92. The molecule has 0 atom stereocenters. The van der Waals surface area contributed by atoms with E-state index in [1.165, 1.54) is 11.1 Å². The van der Waals surface area contributed by atoms with Crippen LogP contribution in [0.15, 0.2) is 18.2 Å². The van der Waals surface area contributed by atoms with Crippen molar-refractivity contribution in [3.63, 3.8) is 0 Å². The van der Waals surface area contributed by atoms with Gasteiger partial charge in [0.05, 0.1) is 8.07 Å². The van der Waals surface area contributed by atoms with Crippen molar-refractivity contribution in [2.75, 3.05) is 0 Å². The number of hydrogen-bond donors (Lipinski definition) is 0. The Hall–Kier alpha value is -0.893. The first kappa shape index (κ1) is 13.5. The second-order valence-corrected chi connectivity index (χ2v) is 12.3. The van der Waals surface area contributed by atoms with Crippen LogP contribution in [0, 0.1) is 0 Å². The molecule has 0 aliphatic heterocycles. The molecule has 0 spiro atoms. The Bertz CT molecular complexity index is 480. The summed E-state index contributed by atoms with van der Waals surface area (Å²) in [6, 6.07) is 6.60. The zero-order valence-electron chi connectivity index (χ0n) is 12.3. The number of fused-ring (bicyclic) bond motifs is 1. The van der Waals surface area contributed by atoms with E-state index in [2.05, 4.69) is 52.1 Å². The summed E-state index contributed by atoms with van der Waals surface area (Å²) in [7, 11) is -1.49. The highest BCUT2D eigenvalue weighted by molar-refractivity contribution is 6.92. The summed E-state index contributed by atoms with van der Waals surface area (Å²) in [5.41, 5.74) is 2.78. The second kappa shape index (κ2) is 4.34. The molecule has 1 nitrogen and oxygen atoms in total. The van der Waals surface area contributed by atoms with Gasteiger partial charge in [-0.3, -0.25) is 4.79 Å². The minimum atomic E-state index is -1.49. The number of Topliss-reactive ketones (excluding diaryl/α,β-unsaturated/α-hetero) is 1. The predicted octanol–water partition coefficient (Wildman–Crippen LogP) is 3.46. The second-order valence-electron chi connectivity index (χ2n) is 7.03. The van der Waals surface area contributed by atoms with Crippen LogP contribution in [-0.4, -0.2) is 13.9 Å². The Morgan fingerprint density at radius 2 is 1.78 bits per heavy atom. The van der Waals surface area contributed by atoms with Crippen LogP contribution in [0.2, 0.25) is 18.1 Å². The van der Waals surface area contributed by atoms with Crippen LogP contribution in [0.25, 0.3) is 0 Å². The van der Waals surface area contributed by atoms with Crippen molar-refractivity contribution >= 4 is 19.0 Å². The van der Waals surface area contributed by atoms with E-state index in [0.717, 1.165) is 12.8 Å². The van der Waals surface area contributed by atoms with Gasteiger partial charge in [0, 0.05) is 12.8 Å². The molecule has 1 aromatic rings. The van der Waals surface area contributed by atoms with Gasteiger partial charge in [-0.25, -0.2) is 0 Å². The largest absolute Gasteiger partial charge is 0.299 e. The van der Waals surface area contributed by atoms with E-state index in [4.69, 9.17) is 0 Å².